The summed E-state index contributed by atoms with van der Waals surface area (Å²) in [7, 11) is 0. The van der Waals surface area contributed by atoms with Crippen LogP contribution in [0, 0.1) is 11.3 Å². The predicted molar refractivity (Wildman–Crippen MR) is 56.9 cm³/mol. The van der Waals surface area contributed by atoms with Crippen molar-refractivity contribution < 1.29 is 4.74 Å². The first-order valence-corrected chi connectivity index (χ1v) is 5.31. The lowest BCUT2D eigenvalue weighted by Crippen LogP contribution is -2.23. The molecule has 72 valence electrons. The predicted octanol–water partition coefficient (Wildman–Crippen LogP) is 2.63. The van der Waals surface area contributed by atoms with E-state index in [-0.39, 0.29) is 0 Å². The molecule has 1 heterocycles. The van der Waals surface area contributed by atoms with E-state index >= 15 is 0 Å². The minimum Gasteiger partial charge on any atom is -0.379 e. The molecule has 1 unspecified atom stereocenters. The molecule has 0 bridgehead atoms. The van der Waals surface area contributed by atoms with Crippen molar-refractivity contribution in [3.8, 4) is 6.07 Å². The molecular weight excluding hydrogens is 242 g/mol. The molecule has 0 amide bonds. The van der Waals surface area contributed by atoms with Crippen LogP contribution in [0.2, 0.25) is 0 Å². The van der Waals surface area contributed by atoms with Gasteiger partial charge in [-0.2, -0.15) is 5.26 Å². The van der Waals surface area contributed by atoms with Crippen LogP contribution in [0.15, 0.2) is 28.7 Å². The van der Waals surface area contributed by atoms with Crippen molar-refractivity contribution in [1.29, 1.82) is 5.26 Å². The standard InChI is InChI=1S/C11H10BrNO/c12-10-3-1-9(2-4-10)11(7-13)5-6-14-8-11/h1-4H,5-6,8H2. The lowest BCUT2D eigenvalue weighted by Gasteiger charge is -2.18. The minimum absolute atomic E-state index is 0.416. The van der Waals surface area contributed by atoms with Gasteiger partial charge in [0.1, 0.15) is 5.41 Å². The number of nitriles is 1. The molecule has 0 radical (unpaired) electrons. The van der Waals surface area contributed by atoms with Gasteiger partial charge in [0.2, 0.25) is 0 Å². The van der Waals surface area contributed by atoms with Crippen molar-refractivity contribution in [3.05, 3.63) is 34.3 Å². The van der Waals surface area contributed by atoms with Gasteiger partial charge in [-0.25, -0.2) is 0 Å². The Hall–Kier alpha value is -0.850. The van der Waals surface area contributed by atoms with Crippen LogP contribution >= 0.6 is 15.9 Å². The van der Waals surface area contributed by atoms with Crippen molar-refractivity contribution >= 4 is 15.9 Å². The zero-order chi connectivity index (χ0) is 10.0. The van der Waals surface area contributed by atoms with Gasteiger partial charge in [-0.1, -0.05) is 28.1 Å². The monoisotopic (exact) mass is 251 g/mol. The van der Waals surface area contributed by atoms with Crippen molar-refractivity contribution in [3.63, 3.8) is 0 Å². The fraction of sp³-hybridized carbons (Fsp3) is 0.364. The Kier molecular flexibility index (Phi) is 2.58. The summed E-state index contributed by atoms with van der Waals surface area (Å²) < 4.78 is 6.34. The van der Waals surface area contributed by atoms with Gasteiger partial charge in [0.05, 0.1) is 12.7 Å². The molecule has 2 nitrogen and oxygen atoms in total. The highest BCUT2D eigenvalue weighted by atomic mass is 79.9. The second-order valence-electron chi connectivity index (χ2n) is 3.50. The molecule has 0 N–H and O–H groups in total. The zero-order valence-electron chi connectivity index (χ0n) is 7.66. The Bertz CT molecular complexity index is 360. The largest absolute Gasteiger partial charge is 0.379 e. The van der Waals surface area contributed by atoms with E-state index in [1.807, 2.05) is 24.3 Å². The molecular formula is C11H10BrNO. The van der Waals surface area contributed by atoms with Gasteiger partial charge in [-0.05, 0) is 24.1 Å². The Morgan fingerprint density at radius 2 is 2.07 bits per heavy atom. The molecule has 0 aromatic heterocycles. The molecule has 0 spiro atoms. The van der Waals surface area contributed by atoms with Crippen LogP contribution in [0.1, 0.15) is 12.0 Å². The highest BCUT2D eigenvalue weighted by Crippen LogP contribution is 2.32. The minimum atomic E-state index is -0.416. The summed E-state index contributed by atoms with van der Waals surface area (Å²) in [5, 5.41) is 9.20. The molecule has 3 heteroatoms. The lowest BCUT2D eigenvalue weighted by molar-refractivity contribution is 0.186. The molecule has 1 aliphatic heterocycles. The number of hydrogen-bond donors (Lipinski definition) is 0. The zero-order valence-corrected chi connectivity index (χ0v) is 9.25. The van der Waals surface area contributed by atoms with E-state index in [0.717, 1.165) is 16.5 Å². The maximum atomic E-state index is 9.20. The van der Waals surface area contributed by atoms with Gasteiger partial charge < -0.3 is 4.74 Å². The topological polar surface area (TPSA) is 33.0 Å². The number of rotatable bonds is 1. The second kappa shape index (κ2) is 3.72. The van der Waals surface area contributed by atoms with Gasteiger partial charge >= 0.3 is 0 Å². The number of ether oxygens (including phenoxy) is 1. The smallest absolute Gasteiger partial charge is 0.108 e. The van der Waals surface area contributed by atoms with E-state index in [4.69, 9.17) is 4.74 Å². The number of halogens is 1. The highest BCUT2D eigenvalue weighted by molar-refractivity contribution is 9.10. The Morgan fingerprint density at radius 3 is 2.57 bits per heavy atom. The quantitative estimate of drug-likeness (QED) is 0.769. The van der Waals surface area contributed by atoms with Gasteiger partial charge in [-0.3, -0.25) is 0 Å². The maximum Gasteiger partial charge on any atom is 0.108 e. The van der Waals surface area contributed by atoms with Gasteiger partial charge in [0.15, 0.2) is 0 Å². The number of nitrogens with zero attached hydrogens (tertiary/aromatic N) is 1. The summed E-state index contributed by atoms with van der Waals surface area (Å²) in [4.78, 5) is 0. The molecule has 1 aromatic carbocycles. The second-order valence-corrected chi connectivity index (χ2v) is 4.42. The summed E-state index contributed by atoms with van der Waals surface area (Å²) in [6, 6.07) is 10.3. The lowest BCUT2D eigenvalue weighted by atomic mass is 9.81. The van der Waals surface area contributed by atoms with E-state index < -0.39 is 5.41 Å². The fourth-order valence-electron chi connectivity index (χ4n) is 1.71. The molecule has 1 atom stereocenters. The average Bonchev–Trinajstić information content (AvgIpc) is 2.68. The first-order chi connectivity index (χ1) is 6.77. The first-order valence-electron chi connectivity index (χ1n) is 4.52. The SMILES string of the molecule is N#CC1(c2ccc(Br)cc2)CCOC1. The molecule has 1 saturated heterocycles. The molecule has 0 saturated carbocycles. The summed E-state index contributed by atoms with van der Waals surface area (Å²) in [5.74, 6) is 0. The molecule has 1 aliphatic rings. The van der Waals surface area contributed by atoms with Gasteiger partial charge in [0, 0.05) is 11.1 Å². The van der Waals surface area contributed by atoms with E-state index in [9.17, 15) is 5.26 Å². The Balaban J connectivity index is 2.37. The number of hydrogen-bond acceptors (Lipinski definition) is 2. The van der Waals surface area contributed by atoms with Gasteiger partial charge in [0.25, 0.3) is 0 Å². The Labute approximate surface area is 91.6 Å². The fourth-order valence-corrected chi connectivity index (χ4v) is 1.98. The van der Waals surface area contributed by atoms with E-state index in [1.165, 1.54) is 0 Å². The molecule has 1 aromatic rings. The van der Waals surface area contributed by atoms with Crippen LogP contribution in [0.3, 0.4) is 0 Å². The molecule has 0 aliphatic carbocycles. The van der Waals surface area contributed by atoms with Crippen LogP contribution < -0.4 is 0 Å². The summed E-state index contributed by atoms with van der Waals surface area (Å²) in [5.41, 5.74) is 0.640. The van der Waals surface area contributed by atoms with E-state index in [1.54, 1.807) is 0 Å². The van der Waals surface area contributed by atoms with Crippen molar-refractivity contribution in [1.82, 2.24) is 0 Å². The summed E-state index contributed by atoms with van der Waals surface area (Å²) >= 11 is 3.38. The highest BCUT2D eigenvalue weighted by Gasteiger charge is 2.36. The molecule has 14 heavy (non-hydrogen) atoms. The van der Waals surface area contributed by atoms with Crippen molar-refractivity contribution in [2.45, 2.75) is 11.8 Å². The average molecular weight is 252 g/mol. The summed E-state index contributed by atoms with van der Waals surface area (Å²) in [6.45, 7) is 1.20. The Morgan fingerprint density at radius 1 is 1.36 bits per heavy atom. The van der Waals surface area contributed by atoms with Gasteiger partial charge in [-0.15, -0.1) is 0 Å². The normalized spacial score (nSPS) is 26.0. The maximum absolute atomic E-state index is 9.20. The van der Waals surface area contributed by atoms with Crippen LogP contribution in [0.25, 0.3) is 0 Å². The van der Waals surface area contributed by atoms with Crippen LogP contribution in [-0.4, -0.2) is 13.2 Å². The van der Waals surface area contributed by atoms with Crippen LogP contribution in [0.4, 0.5) is 0 Å². The molecule has 1 fully saturated rings. The third kappa shape index (κ3) is 1.56. The van der Waals surface area contributed by atoms with Crippen LogP contribution in [0.5, 0.6) is 0 Å². The third-order valence-corrected chi connectivity index (χ3v) is 3.16. The van der Waals surface area contributed by atoms with Crippen LogP contribution in [-0.2, 0) is 10.2 Å². The first kappa shape index (κ1) is 9.70. The third-order valence-electron chi connectivity index (χ3n) is 2.63. The molecule has 2 rings (SSSR count). The van der Waals surface area contributed by atoms with E-state index in [2.05, 4.69) is 22.0 Å². The summed E-state index contributed by atoms with van der Waals surface area (Å²) in [6.07, 6.45) is 0.797. The van der Waals surface area contributed by atoms with Crippen molar-refractivity contribution in [2.24, 2.45) is 0 Å². The van der Waals surface area contributed by atoms with E-state index in [0.29, 0.717) is 13.2 Å². The van der Waals surface area contributed by atoms with Crippen molar-refractivity contribution in [2.75, 3.05) is 13.2 Å². The number of benzene rings is 1.